The maximum absolute atomic E-state index is 10.9. The van der Waals surface area contributed by atoms with Crippen molar-refractivity contribution in [3.63, 3.8) is 0 Å². The molecule has 8 heteroatoms. The Kier molecular flexibility index (Phi) is 8.89. The number of rotatable bonds is 12. The molecule has 0 unspecified atom stereocenters. The molecule has 0 saturated heterocycles. The summed E-state index contributed by atoms with van der Waals surface area (Å²) in [6, 6.07) is 25.7. The summed E-state index contributed by atoms with van der Waals surface area (Å²) in [5, 5.41) is 21.8. The molecule has 0 aromatic heterocycles. The van der Waals surface area contributed by atoms with Gasteiger partial charge in [0, 0.05) is 37.1 Å². The predicted octanol–water partition coefficient (Wildman–Crippen LogP) is 6.88. The number of nitrogens with zero attached hydrogens (tertiary/aromatic N) is 2. The van der Waals surface area contributed by atoms with Gasteiger partial charge in [0.25, 0.3) is 11.4 Å². The number of ether oxygens (including phenoxy) is 2. The van der Waals surface area contributed by atoms with Crippen LogP contribution in [0.4, 0.5) is 11.4 Å². The molecule has 0 aliphatic carbocycles. The Balaban J connectivity index is 1.35. The molecule has 0 spiro atoms. The van der Waals surface area contributed by atoms with Crippen molar-refractivity contribution >= 4 is 11.4 Å². The van der Waals surface area contributed by atoms with Gasteiger partial charge in [-0.15, -0.1) is 0 Å². The van der Waals surface area contributed by atoms with E-state index < -0.39 is 9.85 Å². The van der Waals surface area contributed by atoms with E-state index in [1.807, 2.05) is 0 Å². The standard InChI is InChI=1S/C31H30N2O6/c1-38-30-20-22(6-12-26(30)18-24-8-14-28(15-9-24)32(34)35)4-3-5-23-7-13-27(31(21-23)39-2)19-25-10-16-29(17-11-25)33(36)37/h6-17,20-21H,3-5,18-19H2,1-2H3. The lowest BCUT2D eigenvalue weighted by atomic mass is 9.97. The van der Waals surface area contributed by atoms with Crippen LogP contribution in [0.3, 0.4) is 0 Å². The van der Waals surface area contributed by atoms with Crippen molar-refractivity contribution < 1.29 is 19.3 Å². The molecule has 0 amide bonds. The lowest BCUT2D eigenvalue weighted by Crippen LogP contribution is -1.98. The second-order valence-corrected chi connectivity index (χ2v) is 9.35. The van der Waals surface area contributed by atoms with Crippen LogP contribution in [0.25, 0.3) is 0 Å². The van der Waals surface area contributed by atoms with Gasteiger partial charge in [0.1, 0.15) is 11.5 Å². The van der Waals surface area contributed by atoms with Crippen molar-refractivity contribution in [2.45, 2.75) is 32.1 Å². The number of nitro benzene ring substituents is 2. The quantitative estimate of drug-likeness (QED) is 0.147. The smallest absolute Gasteiger partial charge is 0.269 e. The third-order valence-electron chi connectivity index (χ3n) is 6.72. The van der Waals surface area contributed by atoms with Gasteiger partial charge in [0.2, 0.25) is 0 Å². The van der Waals surface area contributed by atoms with Crippen molar-refractivity contribution in [2.75, 3.05) is 14.2 Å². The van der Waals surface area contributed by atoms with Crippen LogP contribution in [0.1, 0.15) is 39.8 Å². The Labute approximate surface area is 227 Å². The largest absolute Gasteiger partial charge is 0.496 e. The van der Waals surface area contributed by atoms with Crippen molar-refractivity contribution in [2.24, 2.45) is 0 Å². The fourth-order valence-electron chi connectivity index (χ4n) is 4.59. The van der Waals surface area contributed by atoms with Gasteiger partial charge >= 0.3 is 0 Å². The van der Waals surface area contributed by atoms with Gasteiger partial charge in [-0.25, -0.2) is 0 Å². The minimum atomic E-state index is -0.397. The Morgan fingerprint density at radius 1 is 0.564 bits per heavy atom. The number of non-ortho nitro benzene ring substituents is 2. The van der Waals surface area contributed by atoms with Crippen molar-refractivity contribution in [3.8, 4) is 11.5 Å². The van der Waals surface area contributed by atoms with Gasteiger partial charge in [-0.2, -0.15) is 0 Å². The molecular formula is C31H30N2O6. The van der Waals surface area contributed by atoms with Gasteiger partial charge in [-0.3, -0.25) is 20.2 Å². The topological polar surface area (TPSA) is 105 Å². The van der Waals surface area contributed by atoms with Crippen LogP contribution in [0.2, 0.25) is 0 Å². The molecule has 0 atom stereocenters. The first-order valence-corrected chi connectivity index (χ1v) is 12.6. The highest BCUT2D eigenvalue weighted by molar-refractivity contribution is 5.44. The van der Waals surface area contributed by atoms with E-state index >= 15 is 0 Å². The molecule has 0 radical (unpaired) electrons. The minimum Gasteiger partial charge on any atom is -0.496 e. The molecule has 0 N–H and O–H groups in total. The lowest BCUT2D eigenvalue weighted by Gasteiger charge is -2.12. The van der Waals surface area contributed by atoms with E-state index in [1.54, 1.807) is 38.5 Å². The summed E-state index contributed by atoms with van der Waals surface area (Å²) < 4.78 is 11.3. The van der Waals surface area contributed by atoms with Crippen molar-refractivity contribution in [1.29, 1.82) is 0 Å². The van der Waals surface area contributed by atoms with E-state index in [-0.39, 0.29) is 11.4 Å². The summed E-state index contributed by atoms with van der Waals surface area (Å²) in [5.74, 6) is 1.62. The summed E-state index contributed by atoms with van der Waals surface area (Å²) in [5.41, 5.74) is 6.56. The molecule has 4 aromatic rings. The predicted molar refractivity (Wildman–Crippen MR) is 150 cm³/mol. The zero-order valence-corrected chi connectivity index (χ0v) is 22.0. The van der Waals surface area contributed by atoms with Gasteiger partial charge in [-0.05, 0) is 64.8 Å². The fraction of sp³-hybridized carbons (Fsp3) is 0.226. The number of nitro groups is 2. The first kappa shape index (κ1) is 27.3. The molecule has 0 saturated carbocycles. The van der Waals surface area contributed by atoms with Crippen LogP contribution in [-0.4, -0.2) is 24.1 Å². The van der Waals surface area contributed by atoms with E-state index in [1.165, 1.54) is 35.4 Å². The van der Waals surface area contributed by atoms with Gasteiger partial charge < -0.3 is 9.47 Å². The monoisotopic (exact) mass is 526 g/mol. The number of benzene rings is 4. The summed E-state index contributed by atoms with van der Waals surface area (Å²) in [6.45, 7) is 0. The van der Waals surface area contributed by atoms with Crippen molar-refractivity contribution in [1.82, 2.24) is 0 Å². The molecule has 0 fully saturated rings. The minimum absolute atomic E-state index is 0.0813. The molecule has 0 aliphatic heterocycles. The second-order valence-electron chi connectivity index (χ2n) is 9.35. The van der Waals surface area contributed by atoms with E-state index in [4.69, 9.17) is 9.47 Å². The Morgan fingerprint density at radius 3 is 1.26 bits per heavy atom. The van der Waals surface area contributed by atoms with E-state index in [2.05, 4.69) is 36.4 Å². The van der Waals surface area contributed by atoms with Crippen LogP contribution in [0, 0.1) is 20.2 Å². The average molecular weight is 527 g/mol. The van der Waals surface area contributed by atoms with Gasteiger partial charge in [-0.1, -0.05) is 48.5 Å². The average Bonchev–Trinajstić information content (AvgIpc) is 2.95. The molecule has 200 valence electrons. The van der Waals surface area contributed by atoms with Crippen LogP contribution in [0.5, 0.6) is 11.5 Å². The Bertz CT molecular complexity index is 1340. The third kappa shape index (κ3) is 7.19. The number of aryl methyl sites for hydroxylation is 2. The normalized spacial score (nSPS) is 10.7. The molecule has 8 nitrogen and oxygen atoms in total. The van der Waals surface area contributed by atoms with Crippen molar-refractivity contribution in [3.05, 3.63) is 139 Å². The highest BCUT2D eigenvalue weighted by Gasteiger charge is 2.11. The lowest BCUT2D eigenvalue weighted by molar-refractivity contribution is -0.385. The molecular weight excluding hydrogens is 496 g/mol. The SMILES string of the molecule is COc1cc(CCCc2ccc(Cc3ccc([N+](=O)[O-])cc3)c(OC)c2)ccc1Cc1ccc([N+](=O)[O-])cc1. The fourth-order valence-corrected chi connectivity index (χ4v) is 4.59. The first-order valence-electron chi connectivity index (χ1n) is 12.6. The molecule has 4 rings (SSSR count). The summed E-state index contributed by atoms with van der Waals surface area (Å²) >= 11 is 0. The van der Waals surface area contributed by atoms with Crippen LogP contribution < -0.4 is 9.47 Å². The summed E-state index contributed by atoms with van der Waals surface area (Å²) in [4.78, 5) is 21.0. The zero-order chi connectivity index (χ0) is 27.8. The molecule has 39 heavy (non-hydrogen) atoms. The highest BCUT2D eigenvalue weighted by Crippen LogP contribution is 2.27. The van der Waals surface area contributed by atoms with Crippen LogP contribution >= 0.6 is 0 Å². The van der Waals surface area contributed by atoms with E-state index in [0.29, 0.717) is 12.8 Å². The molecule has 0 bridgehead atoms. The van der Waals surface area contributed by atoms with Crippen LogP contribution in [0.15, 0.2) is 84.9 Å². The Hall–Kier alpha value is -4.72. The number of hydrogen-bond donors (Lipinski definition) is 0. The highest BCUT2D eigenvalue weighted by atomic mass is 16.6. The zero-order valence-electron chi connectivity index (χ0n) is 22.0. The molecule has 4 aromatic carbocycles. The van der Waals surface area contributed by atoms with Gasteiger partial charge in [0.15, 0.2) is 0 Å². The summed E-state index contributed by atoms with van der Waals surface area (Å²) in [6.07, 6.45) is 4.00. The molecule has 0 aliphatic rings. The van der Waals surface area contributed by atoms with E-state index in [0.717, 1.165) is 53.0 Å². The summed E-state index contributed by atoms with van der Waals surface area (Å²) in [7, 11) is 3.31. The first-order chi connectivity index (χ1) is 18.9. The number of methoxy groups -OCH3 is 2. The van der Waals surface area contributed by atoms with Gasteiger partial charge in [0.05, 0.1) is 24.1 Å². The molecule has 0 heterocycles. The van der Waals surface area contributed by atoms with E-state index in [9.17, 15) is 20.2 Å². The Morgan fingerprint density at radius 2 is 0.923 bits per heavy atom. The second kappa shape index (κ2) is 12.7. The third-order valence-corrected chi connectivity index (χ3v) is 6.72. The maximum Gasteiger partial charge on any atom is 0.269 e. The number of hydrogen-bond acceptors (Lipinski definition) is 6. The van der Waals surface area contributed by atoms with Crippen LogP contribution in [-0.2, 0) is 25.7 Å². The maximum atomic E-state index is 10.9.